The van der Waals surface area contributed by atoms with E-state index in [1.54, 1.807) is 24.8 Å². The third kappa shape index (κ3) is 1.93. The number of alkyl halides is 1. The first kappa shape index (κ1) is 11.1. The van der Waals surface area contributed by atoms with Crippen LogP contribution in [-0.4, -0.2) is 24.5 Å². The van der Waals surface area contributed by atoms with E-state index in [1.807, 2.05) is 16.7 Å². The van der Waals surface area contributed by atoms with Crippen LogP contribution in [0.1, 0.15) is 11.5 Å². The topological polar surface area (TPSA) is 56.5 Å². The first-order valence-corrected chi connectivity index (χ1v) is 6.03. The molecule has 0 atom stereocenters. The van der Waals surface area contributed by atoms with Crippen molar-refractivity contribution in [1.29, 1.82) is 0 Å². The smallest absolute Gasteiger partial charge is 0.160 e. The average molecular weight is 260 g/mol. The Morgan fingerprint density at radius 2 is 2.11 bits per heavy atom. The second-order valence-electron chi connectivity index (χ2n) is 3.79. The molecule has 3 aromatic heterocycles. The van der Waals surface area contributed by atoms with Crippen molar-refractivity contribution in [3.63, 3.8) is 0 Å². The molecule has 0 saturated heterocycles. The van der Waals surface area contributed by atoms with E-state index in [0.717, 1.165) is 22.7 Å². The van der Waals surface area contributed by atoms with E-state index in [-0.39, 0.29) is 0 Å². The molecule has 0 bridgehead atoms. The Bertz CT molecular complexity index is 665. The van der Waals surface area contributed by atoms with Gasteiger partial charge in [0.1, 0.15) is 11.3 Å². The Hall–Kier alpha value is -2.01. The van der Waals surface area contributed by atoms with E-state index in [9.17, 15) is 0 Å². The molecule has 3 aromatic rings. The van der Waals surface area contributed by atoms with Gasteiger partial charge in [-0.1, -0.05) is 0 Å². The number of halogens is 1. The zero-order valence-electron chi connectivity index (χ0n) is 9.49. The number of pyridine rings is 1. The van der Waals surface area contributed by atoms with Gasteiger partial charge in [-0.2, -0.15) is 0 Å². The van der Waals surface area contributed by atoms with Crippen LogP contribution in [0.5, 0.6) is 0 Å². The molecule has 0 unspecified atom stereocenters. The maximum atomic E-state index is 5.92. The molecule has 0 fully saturated rings. The fourth-order valence-electron chi connectivity index (χ4n) is 1.85. The summed E-state index contributed by atoms with van der Waals surface area (Å²) in [6, 6.07) is 3.78. The summed E-state index contributed by atoms with van der Waals surface area (Å²) in [5.41, 5.74) is 2.52. The summed E-state index contributed by atoms with van der Waals surface area (Å²) >= 11 is 5.92. The molecule has 0 aromatic carbocycles. The van der Waals surface area contributed by atoms with Crippen molar-refractivity contribution in [2.75, 3.05) is 0 Å². The number of nitrogens with zero attached hydrogens (tertiary/aromatic N) is 5. The number of hydrogen-bond donors (Lipinski definition) is 0. The zero-order valence-corrected chi connectivity index (χ0v) is 10.2. The highest BCUT2D eigenvalue weighted by Crippen LogP contribution is 2.16. The standard InChI is InChI=1S/C12H10ClN5/c13-6-11-17-10-2-1-3-16-12(10)18(11)8-9-7-14-4-5-15-9/h1-5,7H,6,8H2. The van der Waals surface area contributed by atoms with E-state index in [1.165, 1.54) is 0 Å². The first-order valence-electron chi connectivity index (χ1n) is 5.49. The lowest BCUT2D eigenvalue weighted by atomic mass is 10.4. The normalized spacial score (nSPS) is 10.9. The third-order valence-corrected chi connectivity index (χ3v) is 2.88. The molecule has 18 heavy (non-hydrogen) atoms. The molecule has 0 spiro atoms. The van der Waals surface area contributed by atoms with Gasteiger partial charge < -0.3 is 4.57 Å². The number of hydrogen-bond acceptors (Lipinski definition) is 4. The van der Waals surface area contributed by atoms with Crippen LogP contribution < -0.4 is 0 Å². The van der Waals surface area contributed by atoms with Crippen LogP contribution in [0.3, 0.4) is 0 Å². The van der Waals surface area contributed by atoms with E-state index in [0.29, 0.717) is 12.4 Å². The number of imidazole rings is 1. The van der Waals surface area contributed by atoms with Crippen LogP contribution in [0.4, 0.5) is 0 Å². The molecule has 0 radical (unpaired) electrons. The van der Waals surface area contributed by atoms with Gasteiger partial charge in [-0.15, -0.1) is 11.6 Å². The molecule has 0 aliphatic heterocycles. The van der Waals surface area contributed by atoms with Gasteiger partial charge in [0.15, 0.2) is 5.65 Å². The van der Waals surface area contributed by atoms with E-state index in [4.69, 9.17) is 11.6 Å². The highest BCUT2D eigenvalue weighted by molar-refractivity contribution is 6.16. The quantitative estimate of drug-likeness (QED) is 0.675. The Labute approximate surface area is 109 Å². The summed E-state index contributed by atoms with van der Waals surface area (Å²) in [5, 5.41) is 0. The fourth-order valence-corrected chi connectivity index (χ4v) is 2.05. The van der Waals surface area contributed by atoms with Crippen molar-refractivity contribution in [1.82, 2.24) is 24.5 Å². The summed E-state index contributed by atoms with van der Waals surface area (Å²) in [4.78, 5) is 17.1. The zero-order chi connectivity index (χ0) is 12.4. The molecule has 5 nitrogen and oxygen atoms in total. The summed E-state index contributed by atoms with van der Waals surface area (Å²) < 4.78 is 1.96. The van der Waals surface area contributed by atoms with Gasteiger partial charge in [0.2, 0.25) is 0 Å². The largest absolute Gasteiger partial charge is 0.306 e. The highest BCUT2D eigenvalue weighted by Gasteiger charge is 2.11. The van der Waals surface area contributed by atoms with Gasteiger partial charge in [0.25, 0.3) is 0 Å². The lowest BCUT2D eigenvalue weighted by Gasteiger charge is -2.05. The van der Waals surface area contributed by atoms with Crippen molar-refractivity contribution < 1.29 is 0 Å². The van der Waals surface area contributed by atoms with Crippen molar-refractivity contribution in [3.05, 3.63) is 48.4 Å². The minimum atomic E-state index is 0.344. The van der Waals surface area contributed by atoms with Crippen molar-refractivity contribution in [3.8, 4) is 0 Å². The third-order valence-electron chi connectivity index (χ3n) is 2.64. The lowest BCUT2D eigenvalue weighted by molar-refractivity contribution is 0.746. The predicted molar refractivity (Wildman–Crippen MR) is 68.2 cm³/mol. The average Bonchev–Trinajstić information content (AvgIpc) is 2.78. The Balaban J connectivity index is 2.10. The van der Waals surface area contributed by atoms with E-state index >= 15 is 0 Å². The van der Waals surface area contributed by atoms with Crippen molar-refractivity contribution in [2.45, 2.75) is 12.4 Å². The monoisotopic (exact) mass is 259 g/mol. The van der Waals surface area contributed by atoms with Gasteiger partial charge in [-0.25, -0.2) is 9.97 Å². The molecule has 0 N–H and O–H groups in total. The van der Waals surface area contributed by atoms with Crippen LogP contribution in [0.2, 0.25) is 0 Å². The lowest BCUT2D eigenvalue weighted by Crippen LogP contribution is -2.06. The summed E-state index contributed by atoms with van der Waals surface area (Å²) in [6.07, 6.45) is 6.79. The van der Waals surface area contributed by atoms with E-state index in [2.05, 4.69) is 19.9 Å². The second kappa shape index (κ2) is 4.70. The van der Waals surface area contributed by atoms with Crippen molar-refractivity contribution >= 4 is 22.8 Å². The molecule has 0 aliphatic carbocycles. The molecule has 0 aliphatic rings. The molecule has 0 amide bonds. The maximum absolute atomic E-state index is 5.92. The minimum Gasteiger partial charge on any atom is -0.306 e. The van der Waals surface area contributed by atoms with Crippen LogP contribution in [0.15, 0.2) is 36.9 Å². The number of aromatic nitrogens is 5. The Kier molecular flexibility index (Phi) is 2.90. The van der Waals surface area contributed by atoms with E-state index < -0.39 is 0 Å². The summed E-state index contributed by atoms with van der Waals surface area (Å²) in [6.45, 7) is 0.573. The molecule has 90 valence electrons. The Morgan fingerprint density at radius 3 is 2.89 bits per heavy atom. The van der Waals surface area contributed by atoms with Crippen LogP contribution in [0, 0.1) is 0 Å². The number of rotatable bonds is 3. The first-order chi connectivity index (χ1) is 8.88. The maximum Gasteiger partial charge on any atom is 0.160 e. The molecule has 3 heterocycles. The molecule has 0 saturated carbocycles. The minimum absolute atomic E-state index is 0.344. The summed E-state index contributed by atoms with van der Waals surface area (Å²) in [7, 11) is 0. The van der Waals surface area contributed by atoms with Gasteiger partial charge >= 0.3 is 0 Å². The van der Waals surface area contributed by atoms with Gasteiger partial charge in [-0.05, 0) is 12.1 Å². The molecular formula is C12H10ClN5. The Morgan fingerprint density at radius 1 is 1.17 bits per heavy atom. The SMILES string of the molecule is ClCc1nc2cccnc2n1Cc1cnccn1. The van der Waals surface area contributed by atoms with Crippen LogP contribution in [0.25, 0.3) is 11.2 Å². The predicted octanol–water partition coefficient (Wildman–Crippen LogP) is 2.01. The van der Waals surface area contributed by atoms with Crippen LogP contribution >= 0.6 is 11.6 Å². The van der Waals surface area contributed by atoms with Gasteiger partial charge in [-0.3, -0.25) is 9.97 Å². The van der Waals surface area contributed by atoms with Gasteiger partial charge in [0.05, 0.1) is 24.3 Å². The fraction of sp³-hybridized carbons (Fsp3) is 0.167. The van der Waals surface area contributed by atoms with Crippen molar-refractivity contribution in [2.24, 2.45) is 0 Å². The highest BCUT2D eigenvalue weighted by atomic mass is 35.5. The summed E-state index contributed by atoms with van der Waals surface area (Å²) in [5.74, 6) is 1.13. The molecule has 6 heteroatoms. The van der Waals surface area contributed by atoms with Crippen LogP contribution in [-0.2, 0) is 12.4 Å². The molecular weight excluding hydrogens is 250 g/mol. The number of fused-ring (bicyclic) bond motifs is 1. The molecule has 3 rings (SSSR count). The second-order valence-corrected chi connectivity index (χ2v) is 4.06. The van der Waals surface area contributed by atoms with Gasteiger partial charge in [0, 0.05) is 18.6 Å².